The molecule has 0 heterocycles. The highest BCUT2D eigenvalue weighted by Crippen LogP contribution is 2.02. The van der Waals surface area contributed by atoms with Crippen LogP contribution >= 0.6 is 0 Å². The van der Waals surface area contributed by atoms with Crippen molar-refractivity contribution in [2.75, 3.05) is 12.9 Å². The van der Waals surface area contributed by atoms with E-state index in [-0.39, 0.29) is 0 Å². The van der Waals surface area contributed by atoms with Crippen molar-refractivity contribution in [2.45, 2.75) is 25.5 Å². The normalized spacial score (nSPS) is 15.0. The molecular weight excluding hydrogens is 254 g/mol. The fraction of sp³-hybridized carbons (Fsp3) is 0.750. The van der Waals surface area contributed by atoms with Crippen LogP contribution in [0.4, 0.5) is 0 Å². The molecule has 8 nitrogen and oxygen atoms in total. The van der Waals surface area contributed by atoms with Crippen molar-refractivity contribution < 1.29 is 32.0 Å². The van der Waals surface area contributed by atoms with Gasteiger partial charge in [0.05, 0.1) is 19.3 Å². The zero-order valence-electron chi connectivity index (χ0n) is 9.45. The molecule has 9 heteroatoms. The Morgan fingerprint density at radius 1 is 1.41 bits per heavy atom. The number of ether oxygens (including phenoxy) is 1. The van der Waals surface area contributed by atoms with E-state index in [9.17, 15) is 18.0 Å². The fourth-order valence-electron chi connectivity index (χ4n) is 0.832. The van der Waals surface area contributed by atoms with Crippen molar-refractivity contribution >= 4 is 22.1 Å². The molecule has 0 fully saturated rings. The number of carboxylic acids is 1. The van der Waals surface area contributed by atoms with Gasteiger partial charge in [-0.3, -0.25) is 13.8 Å². The van der Waals surface area contributed by atoms with Crippen LogP contribution in [0.25, 0.3) is 0 Å². The lowest BCUT2D eigenvalue weighted by molar-refractivity contribution is -0.153. The number of carbonyl (C=O) groups excluding carboxylic acids is 1. The zero-order valence-corrected chi connectivity index (χ0v) is 10.3. The predicted molar refractivity (Wildman–Crippen MR) is 56.6 cm³/mol. The van der Waals surface area contributed by atoms with Gasteiger partial charge in [-0.2, -0.15) is 8.42 Å². The number of carbonyl (C=O) groups is 2. The van der Waals surface area contributed by atoms with E-state index in [0.29, 0.717) is 0 Å². The molecule has 0 aromatic rings. The number of esters is 1. The Morgan fingerprint density at radius 2 is 1.94 bits per heavy atom. The topological polar surface area (TPSA) is 133 Å². The summed E-state index contributed by atoms with van der Waals surface area (Å²) in [4.78, 5) is 21.6. The van der Waals surface area contributed by atoms with Gasteiger partial charge in [0, 0.05) is 0 Å². The standard InChI is InChI=1S/C8H15NO7S/c1-5(7(9)8(11)12)16-6(10)3-4-17(13,14)15-2/h5,7H,3-4,9H2,1-2H3,(H,11,12). The summed E-state index contributed by atoms with van der Waals surface area (Å²) in [6.07, 6.45) is -1.46. The summed E-state index contributed by atoms with van der Waals surface area (Å²) in [6, 6.07) is -1.35. The van der Waals surface area contributed by atoms with E-state index in [1.54, 1.807) is 0 Å². The lowest BCUT2D eigenvalue weighted by Crippen LogP contribution is -2.42. The Labute approximate surface area is 98.8 Å². The lowest BCUT2D eigenvalue weighted by atomic mass is 10.2. The molecule has 0 aliphatic carbocycles. The van der Waals surface area contributed by atoms with E-state index in [1.165, 1.54) is 6.92 Å². The summed E-state index contributed by atoms with van der Waals surface area (Å²) in [5, 5.41) is 8.53. The Bertz CT molecular complexity index is 377. The quantitative estimate of drug-likeness (QED) is 0.430. The summed E-state index contributed by atoms with van der Waals surface area (Å²) in [6.45, 7) is 1.31. The highest BCUT2D eigenvalue weighted by Gasteiger charge is 2.24. The van der Waals surface area contributed by atoms with Gasteiger partial charge in [-0.25, -0.2) is 0 Å². The average molecular weight is 269 g/mol. The molecule has 0 aliphatic rings. The molecule has 0 amide bonds. The summed E-state index contributed by atoms with van der Waals surface area (Å²) in [7, 11) is -2.76. The van der Waals surface area contributed by atoms with Crippen LogP contribution < -0.4 is 5.73 Å². The van der Waals surface area contributed by atoms with E-state index in [0.717, 1.165) is 7.11 Å². The molecule has 0 aliphatic heterocycles. The molecule has 2 unspecified atom stereocenters. The minimum Gasteiger partial charge on any atom is -0.480 e. The smallest absolute Gasteiger partial charge is 0.324 e. The van der Waals surface area contributed by atoms with Gasteiger partial charge in [-0.1, -0.05) is 0 Å². The van der Waals surface area contributed by atoms with Gasteiger partial charge in [-0.15, -0.1) is 0 Å². The van der Waals surface area contributed by atoms with Crippen LogP contribution in [0.15, 0.2) is 0 Å². The average Bonchev–Trinajstić information content (AvgIpc) is 2.25. The van der Waals surface area contributed by atoms with Gasteiger partial charge in [-0.05, 0) is 6.92 Å². The first-order valence-corrected chi connectivity index (χ1v) is 6.23. The first-order chi connectivity index (χ1) is 7.69. The molecule has 0 spiro atoms. The minimum absolute atomic E-state index is 0.424. The molecule has 0 aromatic heterocycles. The highest BCUT2D eigenvalue weighted by molar-refractivity contribution is 7.86. The summed E-state index contributed by atoms with van der Waals surface area (Å²) in [5.41, 5.74) is 5.20. The molecule has 17 heavy (non-hydrogen) atoms. The van der Waals surface area contributed by atoms with Crippen LogP contribution in [-0.2, 0) is 28.6 Å². The third-order valence-electron chi connectivity index (χ3n) is 1.92. The lowest BCUT2D eigenvalue weighted by Gasteiger charge is -2.16. The summed E-state index contributed by atoms with van der Waals surface area (Å²) in [5.74, 6) is -2.69. The predicted octanol–water partition coefficient (Wildman–Crippen LogP) is -1.30. The third-order valence-corrected chi connectivity index (χ3v) is 3.13. The maximum Gasteiger partial charge on any atom is 0.324 e. The molecule has 0 saturated carbocycles. The van der Waals surface area contributed by atoms with Crippen molar-refractivity contribution in [1.82, 2.24) is 0 Å². The second-order valence-electron chi connectivity index (χ2n) is 3.24. The Hall–Kier alpha value is -1.19. The number of hydrogen-bond acceptors (Lipinski definition) is 7. The van der Waals surface area contributed by atoms with E-state index >= 15 is 0 Å². The zero-order chi connectivity index (χ0) is 13.6. The first-order valence-electron chi connectivity index (χ1n) is 4.65. The molecule has 0 aromatic carbocycles. The van der Waals surface area contributed by atoms with Gasteiger partial charge in [0.15, 0.2) is 0 Å². The van der Waals surface area contributed by atoms with Crippen LogP contribution in [0.3, 0.4) is 0 Å². The maximum absolute atomic E-state index is 11.2. The van der Waals surface area contributed by atoms with Gasteiger partial charge < -0.3 is 15.6 Å². The van der Waals surface area contributed by atoms with Crippen LogP contribution in [0.5, 0.6) is 0 Å². The van der Waals surface area contributed by atoms with Gasteiger partial charge >= 0.3 is 11.9 Å². The Morgan fingerprint density at radius 3 is 2.35 bits per heavy atom. The van der Waals surface area contributed by atoms with Crippen molar-refractivity contribution in [3.8, 4) is 0 Å². The Balaban J connectivity index is 4.16. The van der Waals surface area contributed by atoms with Crippen molar-refractivity contribution in [3.05, 3.63) is 0 Å². The molecule has 2 atom stereocenters. The SMILES string of the molecule is COS(=O)(=O)CCC(=O)OC(C)C(N)C(=O)O. The summed E-state index contributed by atoms with van der Waals surface area (Å²) >= 11 is 0. The molecule has 0 radical (unpaired) electrons. The summed E-state index contributed by atoms with van der Waals surface area (Å²) < 4.78 is 30.5. The Kier molecular flexibility index (Phi) is 6.07. The molecule has 3 N–H and O–H groups in total. The maximum atomic E-state index is 11.2. The van der Waals surface area contributed by atoms with E-state index in [2.05, 4.69) is 8.92 Å². The second-order valence-corrected chi connectivity index (χ2v) is 5.09. The highest BCUT2D eigenvalue weighted by atomic mass is 32.2. The van der Waals surface area contributed by atoms with Crippen LogP contribution in [0.1, 0.15) is 13.3 Å². The van der Waals surface area contributed by atoms with Crippen LogP contribution in [0.2, 0.25) is 0 Å². The van der Waals surface area contributed by atoms with Gasteiger partial charge in [0.25, 0.3) is 10.1 Å². The molecule has 0 rings (SSSR count). The van der Waals surface area contributed by atoms with E-state index < -0.39 is 46.4 Å². The van der Waals surface area contributed by atoms with Gasteiger partial charge in [0.1, 0.15) is 12.1 Å². The molecule has 0 saturated heterocycles. The molecular formula is C8H15NO7S. The fourth-order valence-corrected chi connectivity index (χ4v) is 1.42. The van der Waals surface area contributed by atoms with Crippen molar-refractivity contribution in [2.24, 2.45) is 5.73 Å². The third kappa shape index (κ3) is 6.19. The van der Waals surface area contributed by atoms with E-state index in [4.69, 9.17) is 10.8 Å². The largest absolute Gasteiger partial charge is 0.480 e. The van der Waals surface area contributed by atoms with Crippen LogP contribution in [-0.4, -0.2) is 50.5 Å². The van der Waals surface area contributed by atoms with Crippen molar-refractivity contribution in [3.63, 3.8) is 0 Å². The van der Waals surface area contributed by atoms with Crippen molar-refractivity contribution in [1.29, 1.82) is 0 Å². The number of hydrogen-bond donors (Lipinski definition) is 2. The second kappa shape index (κ2) is 6.52. The number of nitrogens with two attached hydrogens (primary N) is 1. The molecule has 0 bridgehead atoms. The van der Waals surface area contributed by atoms with Gasteiger partial charge in [0.2, 0.25) is 0 Å². The minimum atomic E-state index is -3.74. The first kappa shape index (κ1) is 15.8. The van der Waals surface area contributed by atoms with Crippen LogP contribution in [0, 0.1) is 0 Å². The monoisotopic (exact) mass is 269 g/mol. The number of rotatable bonds is 7. The number of aliphatic carboxylic acids is 1. The number of carboxylic acid groups (broad SMARTS) is 1. The molecule has 100 valence electrons. The van der Waals surface area contributed by atoms with E-state index in [1.807, 2.05) is 0 Å².